The summed E-state index contributed by atoms with van der Waals surface area (Å²) in [5.74, 6) is -2.15. The summed E-state index contributed by atoms with van der Waals surface area (Å²) in [5.41, 5.74) is 5.04. The van der Waals surface area contributed by atoms with Crippen LogP contribution in [0, 0.1) is 0 Å². The molecule has 0 saturated heterocycles. The number of carbonyl (C=O) groups excluding carboxylic acids is 2. The molecule has 2 amide bonds. The lowest BCUT2D eigenvalue weighted by atomic mass is 10.3. The highest BCUT2D eigenvalue weighted by Gasteiger charge is 2.18. The first-order valence-electron chi connectivity index (χ1n) is 5.16. The number of nitrogens with two attached hydrogens (primary N) is 1. The zero-order chi connectivity index (χ0) is 14.4. The van der Waals surface area contributed by atoms with Crippen LogP contribution in [0.3, 0.4) is 0 Å². The standard InChI is InChI=1S/C10H12N4O4S/c1-5(15)12-7(10(17)18)4-19-8-3-2-6(9(11)16)13-14-8/h2-3,7H,4H2,1H3,(H2,11,16)(H,12,15)(H,17,18)/t7-/m0/s1. The van der Waals surface area contributed by atoms with Crippen molar-refractivity contribution in [1.29, 1.82) is 0 Å². The number of rotatable bonds is 6. The van der Waals surface area contributed by atoms with Gasteiger partial charge in [-0.05, 0) is 12.1 Å². The third-order valence-corrected chi connectivity index (χ3v) is 2.98. The quantitative estimate of drug-likeness (QED) is 0.585. The third-order valence-electron chi connectivity index (χ3n) is 1.97. The van der Waals surface area contributed by atoms with E-state index in [9.17, 15) is 14.4 Å². The minimum absolute atomic E-state index is 0.0287. The van der Waals surface area contributed by atoms with E-state index in [1.165, 1.54) is 19.1 Å². The largest absolute Gasteiger partial charge is 0.480 e. The minimum Gasteiger partial charge on any atom is -0.480 e. The number of carboxylic acid groups (broad SMARTS) is 1. The van der Waals surface area contributed by atoms with Crippen LogP contribution >= 0.6 is 11.8 Å². The highest BCUT2D eigenvalue weighted by Crippen LogP contribution is 2.15. The average molecular weight is 284 g/mol. The molecule has 19 heavy (non-hydrogen) atoms. The van der Waals surface area contributed by atoms with Gasteiger partial charge in [0.15, 0.2) is 5.69 Å². The van der Waals surface area contributed by atoms with Crippen molar-refractivity contribution in [3.8, 4) is 0 Å². The first-order chi connectivity index (χ1) is 8.90. The summed E-state index contributed by atoms with van der Waals surface area (Å²) < 4.78 is 0. The van der Waals surface area contributed by atoms with Crippen LogP contribution in [-0.2, 0) is 9.59 Å². The van der Waals surface area contributed by atoms with Gasteiger partial charge in [0.2, 0.25) is 5.91 Å². The molecule has 1 aromatic rings. The molecule has 0 unspecified atom stereocenters. The molecule has 0 fully saturated rings. The van der Waals surface area contributed by atoms with Crippen molar-refractivity contribution in [3.63, 3.8) is 0 Å². The number of nitrogens with zero attached hydrogens (tertiary/aromatic N) is 2. The predicted molar refractivity (Wildman–Crippen MR) is 66.5 cm³/mol. The first kappa shape index (κ1) is 14.9. The van der Waals surface area contributed by atoms with E-state index >= 15 is 0 Å². The SMILES string of the molecule is CC(=O)N[C@@H](CSc1ccc(C(N)=O)nn1)C(=O)O. The Hall–Kier alpha value is -2.16. The summed E-state index contributed by atoms with van der Waals surface area (Å²) in [7, 11) is 0. The Morgan fingerprint density at radius 1 is 1.42 bits per heavy atom. The number of carboxylic acids is 1. The maximum atomic E-state index is 10.9. The van der Waals surface area contributed by atoms with Gasteiger partial charge in [0.1, 0.15) is 11.1 Å². The molecule has 102 valence electrons. The Labute approximate surface area is 112 Å². The van der Waals surface area contributed by atoms with Gasteiger partial charge in [0.25, 0.3) is 5.91 Å². The summed E-state index contributed by atoms with van der Waals surface area (Å²) in [6.45, 7) is 1.24. The van der Waals surface area contributed by atoms with Gasteiger partial charge in [-0.2, -0.15) is 0 Å². The van der Waals surface area contributed by atoms with Crippen molar-refractivity contribution in [2.24, 2.45) is 5.73 Å². The van der Waals surface area contributed by atoms with E-state index in [0.29, 0.717) is 5.03 Å². The number of thioether (sulfide) groups is 1. The van der Waals surface area contributed by atoms with Crippen LogP contribution in [0.25, 0.3) is 0 Å². The maximum absolute atomic E-state index is 10.9. The molecular weight excluding hydrogens is 272 g/mol. The van der Waals surface area contributed by atoms with Crippen LogP contribution in [0.15, 0.2) is 17.2 Å². The topological polar surface area (TPSA) is 135 Å². The molecule has 0 aliphatic rings. The highest BCUT2D eigenvalue weighted by molar-refractivity contribution is 7.99. The summed E-state index contributed by atoms with van der Waals surface area (Å²) in [6.07, 6.45) is 0. The van der Waals surface area contributed by atoms with Crippen molar-refractivity contribution in [3.05, 3.63) is 17.8 Å². The monoisotopic (exact) mass is 284 g/mol. The molecule has 1 aromatic heterocycles. The van der Waals surface area contributed by atoms with E-state index in [4.69, 9.17) is 10.8 Å². The Morgan fingerprint density at radius 3 is 2.53 bits per heavy atom. The number of hydrogen-bond acceptors (Lipinski definition) is 6. The number of hydrogen-bond donors (Lipinski definition) is 3. The van der Waals surface area contributed by atoms with E-state index in [1.54, 1.807) is 0 Å². The lowest BCUT2D eigenvalue weighted by Crippen LogP contribution is -2.41. The molecule has 1 atom stereocenters. The van der Waals surface area contributed by atoms with Gasteiger partial charge in [0.05, 0.1) is 0 Å². The number of carbonyl (C=O) groups is 3. The van der Waals surface area contributed by atoms with Crippen molar-refractivity contribution in [2.75, 3.05) is 5.75 Å². The number of nitrogens with one attached hydrogen (secondary N) is 1. The average Bonchev–Trinajstić information content (AvgIpc) is 2.34. The fourth-order valence-electron chi connectivity index (χ4n) is 1.12. The van der Waals surface area contributed by atoms with Gasteiger partial charge in [-0.25, -0.2) is 4.79 Å². The molecular formula is C10H12N4O4S. The molecule has 4 N–H and O–H groups in total. The highest BCUT2D eigenvalue weighted by atomic mass is 32.2. The number of aliphatic carboxylic acids is 1. The second-order valence-electron chi connectivity index (χ2n) is 3.52. The molecule has 8 nitrogen and oxygen atoms in total. The third kappa shape index (κ3) is 4.92. The first-order valence-corrected chi connectivity index (χ1v) is 6.15. The van der Waals surface area contributed by atoms with Gasteiger partial charge >= 0.3 is 5.97 Å². The summed E-state index contributed by atoms with van der Waals surface area (Å²) in [4.78, 5) is 32.5. The van der Waals surface area contributed by atoms with Crippen molar-refractivity contribution >= 4 is 29.5 Å². The van der Waals surface area contributed by atoms with Gasteiger partial charge in [-0.3, -0.25) is 9.59 Å². The van der Waals surface area contributed by atoms with Crippen LogP contribution in [0.4, 0.5) is 0 Å². The summed E-state index contributed by atoms with van der Waals surface area (Å²) in [6, 6.07) is 1.89. The number of primary amides is 1. The molecule has 9 heteroatoms. The zero-order valence-electron chi connectivity index (χ0n) is 9.99. The Bertz CT molecular complexity index is 491. The molecule has 0 radical (unpaired) electrons. The van der Waals surface area contributed by atoms with E-state index in [0.717, 1.165) is 11.8 Å². The summed E-state index contributed by atoms with van der Waals surface area (Å²) in [5, 5.41) is 18.9. The maximum Gasteiger partial charge on any atom is 0.327 e. The molecule has 0 aromatic carbocycles. The van der Waals surface area contributed by atoms with Crippen molar-refractivity contribution in [1.82, 2.24) is 15.5 Å². The van der Waals surface area contributed by atoms with Gasteiger partial charge < -0.3 is 16.2 Å². The lowest BCUT2D eigenvalue weighted by Gasteiger charge is -2.11. The Morgan fingerprint density at radius 2 is 2.11 bits per heavy atom. The van der Waals surface area contributed by atoms with Crippen molar-refractivity contribution in [2.45, 2.75) is 18.0 Å². The molecule has 0 saturated carbocycles. The van der Waals surface area contributed by atoms with Crippen LogP contribution in [0.2, 0.25) is 0 Å². The molecule has 0 aliphatic carbocycles. The molecule has 0 bridgehead atoms. The number of amides is 2. The predicted octanol–water partition coefficient (Wildman–Crippen LogP) is -0.743. The van der Waals surface area contributed by atoms with E-state index in [-0.39, 0.29) is 11.4 Å². The molecule has 0 aliphatic heterocycles. The van der Waals surface area contributed by atoms with Gasteiger partial charge in [0, 0.05) is 12.7 Å². The number of aromatic nitrogens is 2. The van der Waals surface area contributed by atoms with E-state index < -0.39 is 23.8 Å². The second-order valence-corrected chi connectivity index (χ2v) is 4.56. The Balaban J connectivity index is 2.61. The van der Waals surface area contributed by atoms with Crippen LogP contribution in [0.5, 0.6) is 0 Å². The van der Waals surface area contributed by atoms with Crippen LogP contribution < -0.4 is 11.1 Å². The fraction of sp³-hybridized carbons (Fsp3) is 0.300. The lowest BCUT2D eigenvalue weighted by molar-refractivity contribution is -0.140. The molecule has 1 rings (SSSR count). The minimum atomic E-state index is -1.13. The van der Waals surface area contributed by atoms with Crippen molar-refractivity contribution < 1.29 is 19.5 Å². The normalized spacial score (nSPS) is 11.6. The van der Waals surface area contributed by atoms with Crippen LogP contribution in [0.1, 0.15) is 17.4 Å². The fourth-order valence-corrected chi connectivity index (χ4v) is 1.94. The molecule has 1 heterocycles. The van der Waals surface area contributed by atoms with E-state index in [2.05, 4.69) is 15.5 Å². The van der Waals surface area contributed by atoms with Gasteiger partial charge in [-0.15, -0.1) is 22.0 Å². The van der Waals surface area contributed by atoms with Gasteiger partial charge in [-0.1, -0.05) is 0 Å². The smallest absolute Gasteiger partial charge is 0.327 e. The molecule has 0 spiro atoms. The second kappa shape index (κ2) is 6.69. The van der Waals surface area contributed by atoms with Crippen LogP contribution in [-0.4, -0.2) is 44.9 Å². The van der Waals surface area contributed by atoms with E-state index in [1.807, 2.05) is 0 Å². The summed E-state index contributed by atoms with van der Waals surface area (Å²) >= 11 is 1.10. The Kier molecular flexibility index (Phi) is 5.24. The zero-order valence-corrected chi connectivity index (χ0v) is 10.8.